The Balaban J connectivity index is 1.90. The molecule has 0 aliphatic heterocycles. The topological polar surface area (TPSA) is 21.3 Å². The molecular formula is C15H15ClFNO. The monoisotopic (exact) mass is 279 g/mol. The van der Waals surface area contributed by atoms with Gasteiger partial charge in [0, 0.05) is 6.54 Å². The summed E-state index contributed by atoms with van der Waals surface area (Å²) < 4.78 is 18.7. The van der Waals surface area contributed by atoms with E-state index in [1.54, 1.807) is 19.2 Å². The van der Waals surface area contributed by atoms with Crippen LogP contribution in [0.5, 0.6) is 5.75 Å². The Morgan fingerprint density at radius 1 is 1.16 bits per heavy atom. The highest BCUT2D eigenvalue weighted by molar-refractivity contribution is 6.31. The molecule has 2 rings (SSSR count). The molecule has 1 N–H and O–H groups in total. The van der Waals surface area contributed by atoms with Crippen LogP contribution in [0.15, 0.2) is 42.5 Å². The van der Waals surface area contributed by atoms with Crippen molar-refractivity contribution in [2.75, 3.05) is 19.0 Å². The molecule has 0 radical (unpaired) electrons. The lowest BCUT2D eigenvalue weighted by molar-refractivity contribution is 0.414. The Morgan fingerprint density at radius 2 is 1.89 bits per heavy atom. The van der Waals surface area contributed by atoms with Crippen molar-refractivity contribution >= 4 is 17.3 Å². The Bertz CT molecular complexity index is 542. The van der Waals surface area contributed by atoms with Gasteiger partial charge in [-0.3, -0.25) is 0 Å². The first kappa shape index (κ1) is 13.7. The first-order valence-electron chi connectivity index (χ1n) is 6.01. The normalized spacial score (nSPS) is 10.3. The van der Waals surface area contributed by atoms with Crippen LogP contribution in [-0.2, 0) is 6.42 Å². The van der Waals surface area contributed by atoms with E-state index in [4.69, 9.17) is 16.3 Å². The lowest BCUT2D eigenvalue weighted by Crippen LogP contribution is -2.06. The minimum Gasteiger partial charge on any atom is -0.497 e. The highest BCUT2D eigenvalue weighted by atomic mass is 35.5. The summed E-state index contributed by atoms with van der Waals surface area (Å²) in [7, 11) is 1.64. The number of nitrogens with one attached hydrogen (secondary N) is 1. The number of hydrogen-bond acceptors (Lipinski definition) is 2. The molecule has 0 bridgehead atoms. The first-order chi connectivity index (χ1) is 9.20. The van der Waals surface area contributed by atoms with Crippen LogP contribution in [0.1, 0.15) is 5.56 Å². The van der Waals surface area contributed by atoms with Gasteiger partial charge < -0.3 is 10.1 Å². The third-order valence-corrected chi connectivity index (χ3v) is 3.13. The van der Waals surface area contributed by atoms with Crippen molar-refractivity contribution in [3.05, 3.63) is 58.9 Å². The molecule has 0 saturated heterocycles. The average molecular weight is 280 g/mol. The molecule has 0 unspecified atom stereocenters. The van der Waals surface area contributed by atoms with Gasteiger partial charge in [-0.25, -0.2) is 4.39 Å². The van der Waals surface area contributed by atoms with Crippen LogP contribution in [0, 0.1) is 5.82 Å². The van der Waals surface area contributed by atoms with Crippen molar-refractivity contribution in [2.45, 2.75) is 6.42 Å². The van der Waals surface area contributed by atoms with Crippen molar-refractivity contribution in [1.82, 2.24) is 0 Å². The Hall–Kier alpha value is -1.74. The van der Waals surface area contributed by atoms with E-state index in [0.29, 0.717) is 12.2 Å². The van der Waals surface area contributed by atoms with Crippen molar-refractivity contribution in [3.63, 3.8) is 0 Å². The van der Waals surface area contributed by atoms with E-state index in [1.165, 1.54) is 6.07 Å². The third-order valence-electron chi connectivity index (χ3n) is 2.84. The molecule has 0 aliphatic rings. The van der Waals surface area contributed by atoms with E-state index in [1.807, 2.05) is 24.3 Å². The van der Waals surface area contributed by atoms with Crippen LogP contribution < -0.4 is 10.1 Å². The number of benzene rings is 2. The van der Waals surface area contributed by atoms with Gasteiger partial charge in [-0.15, -0.1) is 0 Å². The van der Waals surface area contributed by atoms with Gasteiger partial charge in [0.05, 0.1) is 17.8 Å². The number of methoxy groups -OCH3 is 1. The van der Waals surface area contributed by atoms with E-state index < -0.39 is 5.82 Å². The minimum atomic E-state index is -0.404. The molecule has 0 aromatic heterocycles. The van der Waals surface area contributed by atoms with Crippen molar-refractivity contribution < 1.29 is 9.13 Å². The van der Waals surface area contributed by atoms with Gasteiger partial charge in [-0.1, -0.05) is 29.8 Å². The third kappa shape index (κ3) is 3.61. The summed E-state index contributed by atoms with van der Waals surface area (Å²) in [6.07, 6.45) is 0.802. The number of halogens is 2. The Labute approximate surface area is 117 Å². The summed E-state index contributed by atoms with van der Waals surface area (Å²) in [6, 6.07) is 12.7. The molecular weight excluding hydrogens is 265 g/mol. The van der Waals surface area contributed by atoms with Crippen LogP contribution in [0.2, 0.25) is 5.02 Å². The van der Waals surface area contributed by atoms with Crippen LogP contribution in [0.25, 0.3) is 0 Å². The fourth-order valence-corrected chi connectivity index (χ4v) is 1.95. The fraction of sp³-hybridized carbons (Fsp3) is 0.200. The largest absolute Gasteiger partial charge is 0.497 e. The van der Waals surface area contributed by atoms with E-state index in [-0.39, 0.29) is 5.02 Å². The summed E-state index contributed by atoms with van der Waals surface area (Å²) in [6.45, 7) is 0.642. The van der Waals surface area contributed by atoms with Gasteiger partial charge in [0.1, 0.15) is 5.75 Å². The molecule has 2 nitrogen and oxygen atoms in total. The Morgan fingerprint density at radius 3 is 2.58 bits per heavy atom. The minimum absolute atomic E-state index is 0.134. The summed E-state index contributed by atoms with van der Waals surface area (Å²) in [5.74, 6) is 0.427. The van der Waals surface area contributed by atoms with Crippen LogP contribution in [0.3, 0.4) is 0 Å². The molecule has 0 amide bonds. The maximum atomic E-state index is 13.6. The van der Waals surface area contributed by atoms with Gasteiger partial charge in [-0.2, -0.15) is 0 Å². The summed E-state index contributed by atoms with van der Waals surface area (Å²) in [5.41, 5.74) is 1.59. The highest BCUT2D eigenvalue weighted by Crippen LogP contribution is 2.22. The second kappa shape index (κ2) is 6.43. The van der Waals surface area contributed by atoms with Crippen LogP contribution in [-0.4, -0.2) is 13.7 Å². The summed E-state index contributed by atoms with van der Waals surface area (Å²) in [5, 5.41) is 3.17. The maximum absolute atomic E-state index is 13.6. The molecule has 2 aromatic carbocycles. The van der Waals surface area contributed by atoms with Crippen LogP contribution >= 0.6 is 11.6 Å². The predicted octanol–water partition coefficient (Wildman–Crippen LogP) is 4.14. The SMILES string of the molecule is COc1ccc(CCNc2cccc(Cl)c2F)cc1. The molecule has 0 spiro atoms. The number of hydrogen-bond donors (Lipinski definition) is 1. The van der Waals surface area contributed by atoms with E-state index in [9.17, 15) is 4.39 Å². The second-order valence-corrected chi connectivity index (χ2v) is 4.53. The standard InChI is InChI=1S/C15H15ClFNO/c1-19-12-7-5-11(6-8-12)9-10-18-14-4-2-3-13(16)15(14)17/h2-8,18H,9-10H2,1H3. The zero-order chi connectivity index (χ0) is 13.7. The fourth-order valence-electron chi connectivity index (χ4n) is 1.77. The molecule has 0 heterocycles. The Kier molecular flexibility index (Phi) is 4.63. The molecule has 0 fully saturated rings. The average Bonchev–Trinajstić information content (AvgIpc) is 2.44. The maximum Gasteiger partial charge on any atom is 0.164 e. The van der Waals surface area contributed by atoms with Crippen molar-refractivity contribution in [2.24, 2.45) is 0 Å². The van der Waals surface area contributed by atoms with Gasteiger partial charge in [0.2, 0.25) is 0 Å². The predicted molar refractivity (Wildman–Crippen MR) is 76.6 cm³/mol. The van der Waals surface area contributed by atoms with Gasteiger partial charge >= 0.3 is 0 Å². The van der Waals surface area contributed by atoms with E-state index >= 15 is 0 Å². The number of rotatable bonds is 5. The molecule has 0 saturated carbocycles. The summed E-state index contributed by atoms with van der Waals surface area (Å²) >= 11 is 5.71. The first-order valence-corrected chi connectivity index (χ1v) is 6.39. The van der Waals surface area contributed by atoms with Gasteiger partial charge in [0.15, 0.2) is 5.82 Å². The number of ether oxygens (including phenoxy) is 1. The zero-order valence-electron chi connectivity index (χ0n) is 10.6. The smallest absolute Gasteiger partial charge is 0.164 e. The van der Waals surface area contributed by atoms with Gasteiger partial charge in [0.25, 0.3) is 0 Å². The molecule has 4 heteroatoms. The quantitative estimate of drug-likeness (QED) is 0.888. The van der Waals surface area contributed by atoms with Crippen molar-refractivity contribution in [3.8, 4) is 5.75 Å². The lowest BCUT2D eigenvalue weighted by atomic mass is 10.1. The summed E-state index contributed by atoms with van der Waals surface area (Å²) in [4.78, 5) is 0. The zero-order valence-corrected chi connectivity index (χ0v) is 11.4. The molecule has 19 heavy (non-hydrogen) atoms. The molecule has 0 atom stereocenters. The highest BCUT2D eigenvalue weighted by Gasteiger charge is 2.05. The molecule has 0 aliphatic carbocycles. The van der Waals surface area contributed by atoms with E-state index in [0.717, 1.165) is 17.7 Å². The van der Waals surface area contributed by atoms with Crippen LogP contribution in [0.4, 0.5) is 10.1 Å². The van der Waals surface area contributed by atoms with Crippen molar-refractivity contribution in [1.29, 1.82) is 0 Å². The van der Waals surface area contributed by atoms with E-state index in [2.05, 4.69) is 5.32 Å². The molecule has 100 valence electrons. The lowest BCUT2D eigenvalue weighted by Gasteiger charge is -2.08. The second-order valence-electron chi connectivity index (χ2n) is 4.13. The number of anilines is 1. The van der Waals surface area contributed by atoms with Gasteiger partial charge in [-0.05, 0) is 36.2 Å². The molecule has 2 aromatic rings.